The molecule has 1 saturated carbocycles. The normalized spacial score (nSPS) is 23.2. The standard InChI is InChI=1S/C17H21Cl2N3OS/c1-22-15(10-24-17(22)21-13-4-2-3-5-13)9-16(23)20-14-7-11(18)6-12(19)8-14/h6-8,13,15H,2-5,9-10H2,1H3,(H,20,23). The number of amides is 1. The van der Waals surface area contributed by atoms with Crippen LogP contribution < -0.4 is 5.32 Å². The number of thioether (sulfide) groups is 1. The summed E-state index contributed by atoms with van der Waals surface area (Å²) in [6, 6.07) is 5.68. The lowest BCUT2D eigenvalue weighted by atomic mass is 10.2. The summed E-state index contributed by atoms with van der Waals surface area (Å²) in [6.07, 6.45) is 5.38. The van der Waals surface area contributed by atoms with Gasteiger partial charge in [0.1, 0.15) is 0 Å². The Bertz CT molecular complexity index is 626. The summed E-state index contributed by atoms with van der Waals surface area (Å²) in [5, 5.41) is 4.97. The Balaban J connectivity index is 1.56. The Morgan fingerprint density at radius 1 is 1.29 bits per heavy atom. The molecule has 24 heavy (non-hydrogen) atoms. The number of rotatable bonds is 4. The predicted molar refractivity (Wildman–Crippen MR) is 103 cm³/mol. The monoisotopic (exact) mass is 385 g/mol. The van der Waals surface area contributed by atoms with Crippen molar-refractivity contribution in [3.05, 3.63) is 28.2 Å². The van der Waals surface area contributed by atoms with Gasteiger partial charge in [-0.2, -0.15) is 0 Å². The number of benzene rings is 1. The molecule has 2 fully saturated rings. The largest absolute Gasteiger partial charge is 0.350 e. The van der Waals surface area contributed by atoms with Gasteiger partial charge in [0.15, 0.2) is 5.17 Å². The minimum Gasteiger partial charge on any atom is -0.350 e. The van der Waals surface area contributed by atoms with E-state index in [0.29, 0.717) is 28.2 Å². The SMILES string of the molecule is CN1C(=NC2CCCC2)SCC1CC(=O)Nc1cc(Cl)cc(Cl)c1. The molecule has 4 nitrogen and oxygen atoms in total. The first-order valence-corrected chi connectivity index (χ1v) is 9.95. The third-order valence-corrected chi connectivity index (χ3v) is 6.08. The van der Waals surface area contributed by atoms with Crippen LogP contribution in [0.2, 0.25) is 10.0 Å². The molecule has 1 atom stereocenters. The molecule has 1 aromatic carbocycles. The third kappa shape index (κ3) is 4.58. The topological polar surface area (TPSA) is 44.7 Å². The van der Waals surface area contributed by atoms with E-state index in [1.807, 2.05) is 7.05 Å². The van der Waals surface area contributed by atoms with E-state index in [1.165, 1.54) is 25.7 Å². The van der Waals surface area contributed by atoms with E-state index in [2.05, 4.69) is 10.2 Å². The lowest BCUT2D eigenvalue weighted by molar-refractivity contribution is -0.116. The van der Waals surface area contributed by atoms with Gasteiger partial charge in [-0.15, -0.1) is 0 Å². The molecule has 1 aliphatic carbocycles. The molecule has 1 unspecified atom stereocenters. The second-order valence-corrected chi connectivity index (χ2v) is 8.20. The maximum atomic E-state index is 12.3. The van der Waals surface area contributed by atoms with Crippen LogP contribution in [0.1, 0.15) is 32.1 Å². The summed E-state index contributed by atoms with van der Waals surface area (Å²) in [7, 11) is 2.03. The van der Waals surface area contributed by atoms with E-state index in [4.69, 9.17) is 28.2 Å². The summed E-state index contributed by atoms with van der Waals surface area (Å²) in [6.45, 7) is 0. The Hall–Kier alpha value is -0.910. The number of carbonyl (C=O) groups excluding carboxylic acids is 1. The number of nitrogens with one attached hydrogen (secondary N) is 1. The zero-order chi connectivity index (χ0) is 17.1. The highest BCUT2D eigenvalue weighted by Gasteiger charge is 2.30. The quantitative estimate of drug-likeness (QED) is 0.818. The van der Waals surface area contributed by atoms with Crippen LogP contribution in [0.25, 0.3) is 0 Å². The summed E-state index contributed by atoms with van der Waals surface area (Å²) in [4.78, 5) is 19.3. The first-order valence-electron chi connectivity index (χ1n) is 8.20. The van der Waals surface area contributed by atoms with E-state index < -0.39 is 0 Å². The van der Waals surface area contributed by atoms with Crippen LogP contribution in [-0.2, 0) is 4.79 Å². The smallest absolute Gasteiger partial charge is 0.226 e. The number of carbonyl (C=O) groups is 1. The average molecular weight is 386 g/mol. The van der Waals surface area contributed by atoms with Crippen molar-refractivity contribution in [3.63, 3.8) is 0 Å². The van der Waals surface area contributed by atoms with Crippen LogP contribution in [0, 0.1) is 0 Å². The van der Waals surface area contributed by atoms with E-state index in [1.54, 1.807) is 30.0 Å². The number of halogens is 2. The molecular weight excluding hydrogens is 365 g/mol. The molecule has 1 saturated heterocycles. The molecule has 7 heteroatoms. The molecule has 0 bridgehead atoms. The fourth-order valence-electron chi connectivity index (χ4n) is 3.11. The van der Waals surface area contributed by atoms with Crippen molar-refractivity contribution in [2.75, 3.05) is 18.1 Å². The molecular formula is C17H21Cl2N3OS. The van der Waals surface area contributed by atoms with Gasteiger partial charge in [-0.25, -0.2) is 0 Å². The summed E-state index contributed by atoms with van der Waals surface area (Å²) in [5.41, 5.74) is 0.630. The minimum absolute atomic E-state index is 0.0344. The van der Waals surface area contributed by atoms with Crippen LogP contribution in [-0.4, -0.2) is 40.9 Å². The number of anilines is 1. The highest BCUT2D eigenvalue weighted by atomic mass is 35.5. The van der Waals surface area contributed by atoms with Crippen molar-refractivity contribution in [2.24, 2.45) is 4.99 Å². The third-order valence-electron chi connectivity index (χ3n) is 4.44. The number of amidine groups is 1. The predicted octanol–water partition coefficient (Wildman–Crippen LogP) is 4.67. The van der Waals surface area contributed by atoms with Crippen molar-refractivity contribution in [1.82, 2.24) is 4.90 Å². The zero-order valence-electron chi connectivity index (χ0n) is 13.6. The molecule has 0 radical (unpaired) electrons. The Labute approximate surface area is 157 Å². The van der Waals surface area contributed by atoms with Gasteiger partial charge >= 0.3 is 0 Å². The number of nitrogens with zero attached hydrogens (tertiary/aromatic N) is 2. The van der Waals surface area contributed by atoms with E-state index in [-0.39, 0.29) is 11.9 Å². The molecule has 1 aliphatic heterocycles. The first-order chi connectivity index (χ1) is 11.5. The lowest BCUT2D eigenvalue weighted by Gasteiger charge is -2.21. The summed E-state index contributed by atoms with van der Waals surface area (Å²) >= 11 is 13.7. The molecule has 130 valence electrons. The van der Waals surface area contributed by atoms with Gasteiger partial charge in [-0.1, -0.05) is 47.8 Å². The van der Waals surface area contributed by atoms with Crippen LogP contribution >= 0.6 is 35.0 Å². The Morgan fingerprint density at radius 2 is 1.96 bits per heavy atom. The fourth-order valence-corrected chi connectivity index (χ4v) is 4.89. The van der Waals surface area contributed by atoms with Gasteiger partial charge in [0.2, 0.25) is 5.91 Å². The number of aliphatic imine (C=N–C) groups is 1. The van der Waals surface area contributed by atoms with E-state index >= 15 is 0 Å². The highest BCUT2D eigenvalue weighted by Crippen LogP contribution is 2.29. The molecule has 1 amide bonds. The van der Waals surface area contributed by atoms with Crippen LogP contribution in [0.5, 0.6) is 0 Å². The van der Waals surface area contributed by atoms with Gasteiger partial charge in [0, 0.05) is 41.0 Å². The van der Waals surface area contributed by atoms with Gasteiger partial charge in [-0.05, 0) is 31.0 Å². The maximum absolute atomic E-state index is 12.3. The molecule has 3 rings (SSSR count). The molecule has 0 spiro atoms. The fraction of sp³-hybridized carbons (Fsp3) is 0.529. The molecule has 1 aromatic rings. The van der Waals surface area contributed by atoms with Crippen LogP contribution in [0.3, 0.4) is 0 Å². The Kier molecular flexibility index (Phi) is 5.95. The average Bonchev–Trinajstić information content (AvgIpc) is 3.11. The lowest BCUT2D eigenvalue weighted by Crippen LogP contribution is -2.34. The van der Waals surface area contributed by atoms with Crippen molar-refractivity contribution in [3.8, 4) is 0 Å². The van der Waals surface area contributed by atoms with Gasteiger partial charge < -0.3 is 10.2 Å². The first kappa shape index (κ1) is 17.9. The summed E-state index contributed by atoms with van der Waals surface area (Å²) < 4.78 is 0. The molecule has 1 N–H and O–H groups in total. The van der Waals surface area contributed by atoms with Crippen LogP contribution in [0.4, 0.5) is 5.69 Å². The molecule has 1 heterocycles. The van der Waals surface area contributed by atoms with Crippen LogP contribution in [0.15, 0.2) is 23.2 Å². The van der Waals surface area contributed by atoms with Crippen molar-refractivity contribution < 1.29 is 4.79 Å². The summed E-state index contributed by atoms with van der Waals surface area (Å²) in [5.74, 6) is 0.860. The highest BCUT2D eigenvalue weighted by molar-refractivity contribution is 8.14. The maximum Gasteiger partial charge on any atom is 0.226 e. The molecule has 0 aromatic heterocycles. The Morgan fingerprint density at radius 3 is 2.62 bits per heavy atom. The number of hydrogen-bond donors (Lipinski definition) is 1. The second-order valence-electron chi connectivity index (χ2n) is 6.34. The second kappa shape index (κ2) is 7.98. The van der Waals surface area contributed by atoms with Crippen molar-refractivity contribution >= 4 is 51.7 Å². The van der Waals surface area contributed by atoms with Gasteiger partial charge in [0.25, 0.3) is 0 Å². The number of hydrogen-bond acceptors (Lipinski definition) is 3. The van der Waals surface area contributed by atoms with Gasteiger partial charge in [0.05, 0.1) is 6.04 Å². The van der Waals surface area contributed by atoms with E-state index in [0.717, 1.165) is 10.9 Å². The van der Waals surface area contributed by atoms with Crippen molar-refractivity contribution in [1.29, 1.82) is 0 Å². The van der Waals surface area contributed by atoms with Gasteiger partial charge in [-0.3, -0.25) is 9.79 Å². The van der Waals surface area contributed by atoms with Crippen molar-refractivity contribution in [2.45, 2.75) is 44.2 Å². The zero-order valence-corrected chi connectivity index (χ0v) is 15.9. The van der Waals surface area contributed by atoms with E-state index in [9.17, 15) is 4.79 Å². The minimum atomic E-state index is -0.0344. The molecule has 2 aliphatic rings.